The summed E-state index contributed by atoms with van der Waals surface area (Å²) in [6.07, 6.45) is 3.47. The van der Waals surface area contributed by atoms with Crippen molar-refractivity contribution in [3.8, 4) is 0 Å². The number of amides is 1. The van der Waals surface area contributed by atoms with Crippen LogP contribution in [0.5, 0.6) is 0 Å². The van der Waals surface area contributed by atoms with Gasteiger partial charge in [0.1, 0.15) is 6.04 Å². The van der Waals surface area contributed by atoms with Crippen molar-refractivity contribution >= 4 is 23.2 Å². The molecule has 1 rings (SSSR count). The van der Waals surface area contributed by atoms with Crippen LogP contribution in [0.25, 0.3) is 0 Å². The number of hydrogen-bond donors (Lipinski definition) is 2. The van der Waals surface area contributed by atoms with Gasteiger partial charge in [0.2, 0.25) is 5.91 Å². The molecule has 1 amide bonds. The predicted molar refractivity (Wildman–Crippen MR) is 73.9 cm³/mol. The van der Waals surface area contributed by atoms with E-state index in [2.05, 4.69) is 10.6 Å². The van der Waals surface area contributed by atoms with Gasteiger partial charge in [-0.2, -0.15) is 0 Å². The van der Waals surface area contributed by atoms with Crippen LogP contribution in [-0.2, 0) is 4.79 Å². The maximum atomic E-state index is 12.1. The third-order valence-electron chi connectivity index (χ3n) is 2.81. The van der Waals surface area contributed by atoms with Crippen molar-refractivity contribution in [2.24, 2.45) is 0 Å². The van der Waals surface area contributed by atoms with Crippen LogP contribution in [-0.4, -0.2) is 41.1 Å². The number of likely N-dealkylation sites (tertiary alicyclic amines) is 1. The largest absolute Gasteiger partial charge is 0.361 e. The van der Waals surface area contributed by atoms with Crippen molar-refractivity contribution in [1.82, 2.24) is 15.5 Å². The lowest BCUT2D eigenvalue weighted by Gasteiger charge is -2.30. The van der Waals surface area contributed by atoms with Crippen molar-refractivity contribution in [3.63, 3.8) is 0 Å². The molecule has 17 heavy (non-hydrogen) atoms. The molecular formula is C12H23N3OS. The van der Waals surface area contributed by atoms with Gasteiger partial charge >= 0.3 is 0 Å². The molecule has 1 aliphatic rings. The van der Waals surface area contributed by atoms with Gasteiger partial charge in [-0.05, 0) is 52.3 Å². The van der Waals surface area contributed by atoms with Gasteiger partial charge in [-0.25, -0.2) is 0 Å². The average molecular weight is 257 g/mol. The Morgan fingerprint density at radius 2 is 1.71 bits per heavy atom. The number of hydrogen-bond acceptors (Lipinski definition) is 2. The Balaban J connectivity index is 2.37. The predicted octanol–water partition coefficient (Wildman–Crippen LogP) is 1.26. The van der Waals surface area contributed by atoms with E-state index in [1.165, 1.54) is 6.42 Å². The molecule has 2 N–H and O–H groups in total. The molecule has 0 aromatic heterocycles. The molecule has 0 aliphatic carbocycles. The van der Waals surface area contributed by atoms with Crippen LogP contribution in [0.2, 0.25) is 0 Å². The lowest BCUT2D eigenvalue weighted by molar-refractivity contribution is -0.133. The molecule has 0 aromatic carbocycles. The van der Waals surface area contributed by atoms with Crippen molar-refractivity contribution in [2.45, 2.75) is 52.1 Å². The highest BCUT2D eigenvalue weighted by Crippen LogP contribution is 2.09. The summed E-state index contributed by atoms with van der Waals surface area (Å²) in [4.78, 5) is 14.0. The fourth-order valence-corrected chi connectivity index (χ4v) is 2.36. The molecule has 1 aliphatic heterocycles. The maximum absolute atomic E-state index is 12.1. The van der Waals surface area contributed by atoms with Crippen molar-refractivity contribution in [2.75, 3.05) is 13.1 Å². The second-order valence-corrected chi connectivity index (χ2v) is 5.29. The highest BCUT2D eigenvalue weighted by molar-refractivity contribution is 7.80. The molecular weight excluding hydrogens is 234 g/mol. The third-order valence-corrected chi connectivity index (χ3v) is 3.04. The van der Waals surface area contributed by atoms with Crippen LogP contribution in [0.3, 0.4) is 0 Å². The summed E-state index contributed by atoms with van der Waals surface area (Å²) in [5.74, 6) is 0.151. The van der Waals surface area contributed by atoms with Crippen LogP contribution in [0.15, 0.2) is 0 Å². The van der Waals surface area contributed by atoms with Crippen LogP contribution >= 0.6 is 12.2 Å². The zero-order chi connectivity index (χ0) is 12.8. The van der Waals surface area contributed by atoms with Gasteiger partial charge in [-0.1, -0.05) is 0 Å². The summed E-state index contributed by atoms with van der Waals surface area (Å²) in [6, 6.07) is 0.0409. The van der Waals surface area contributed by atoms with Gasteiger partial charge in [-0.15, -0.1) is 0 Å². The van der Waals surface area contributed by atoms with Gasteiger partial charge in [0.15, 0.2) is 5.11 Å². The molecule has 5 heteroatoms. The first-order valence-corrected chi connectivity index (χ1v) is 6.77. The number of nitrogens with one attached hydrogen (secondary N) is 2. The summed E-state index contributed by atoms with van der Waals surface area (Å²) in [5, 5.41) is 6.67. The van der Waals surface area contributed by atoms with Gasteiger partial charge in [0.25, 0.3) is 0 Å². The van der Waals surface area contributed by atoms with E-state index in [4.69, 9.17) is 12.2 Å². The molecule has 0 saturated carbocycles. The van der Waals surface area contributed by atoms with Crippen molar-refractivity contribution < 1.29 is 4.79 Å². The Morgan fingerprint density at radius 3 is 2.24 bits per heavy atom. The highest BCUT2D eigenvalue weighted by Gasteiger charge is 2.22. The molecule has 1 fully saturated rings. The minimum Gasteiger partial charge on any atom is -0.361 e. The molecule has 0 radical (unpaired) electrons. The normalized spacial score (nSPS) is 17.8. The average Bonchev–Trinajstić information content (AvgIpc) is 2.28. The first-order chi connectivity index (χ1) is 8.00. The molecule has 0 bridgehead atoms. The Hall–Kier alpha value is -0.840. The number of rotatable bonds is 3. The van der Waals surface area contributed by atoms with E-state index in [1.807, 2.05) is 25.7 Å². The first kappa shape index (κ1) is 14.2. The standard InChI is InChI=1S/C12H23N3OS/c1-9(2)13-12(17)14-10(3)11(16)15-7-5-4-6-8-15/h9-10H,4-8H2,1-3H3,(H2,13,14,17). The minimum absolute atomic E-state index is 0.151. The molecule has 98 valence electrons. The van der Waals surface area contributed by atoms with Gasteiger partial charge < -0.3 is 15.5 Å². The van der Waals surface area contributed by atoms with Crippen LogP contribution in [0.1, 0.15) is 40.0 Å². The molecule has 0 aromatic rings. The quantitative estimate of drug-likeness (QED) is 0.747. The zero-order valence-electron chi connectivity index (χ0n) is 11.0. The maximum Gasteiger partial charge on any atom is 0.244 e. The second kappa shape index (κ2) is 6.79. The van der Waals surface area contributed by atoms with Crippen LogP contribution in [0, 0.1) is 0 Å². The fraction of sp³-hybridized carbons (Fsp3) is 0.833. The van der Waals surface area contributed by atoms with Crippen LogP contribution in [0.4, 0.5) is 0 Å². The zero-order valence-corrected chi connectivity index (χ0v) is 11.8. The van der Waals surface area contributed by atoms with E-state index in [9.17, 15) is 4.79 Å². The van der Waals surface area contributed by atoms with Gasteiger partial charge in [-0.3, -0.25) is 4.79 Å². The van der Waals surface area contributed by atoms with E-state index in [0.29, 0.717) is 5.11 Å². The lowest BCUT2D eigenvalue weighted by Crippen LogP contribution is -2.51. The van der Waals surface area contributed by atoms with Crippen LogP contribution < -0.4 is 10.6 Å². The van der Waals surface area contributed by atoms with Gasteiger partial charge in [0.05, 0.1) is 0 Å². The van der Waals surface area contributed by atoms with Gasteiger partial charge in [0, 0.05) is 19.1 Å². The molecule has 1 saturated heterocycles. The summed E-state index contributed by atoms with van der Waals surface area (Å²) in [5.41, 5.74) is 0. The molecule has 1 heterocycles. The number of thiocarbonyl (C=S) groups is 1. The number of nitrogens with zero attached hydrogens (tertiary/aromatic N) is 1. The van der Waals surface area contributed by atoms with E-state index in [1.54, 1.807) is 0 Å². The third kappa shape index (κ3) is 4.89. The fourth-order valence-electron chi connectivity index (χ4n) is 1.95. The molecule has 1 atom stereocenters. The summed E-state index contributed by atoms with van der Waals surface area (Å²) < 4.78 is 0. The monoisotopic (exact) mass is 257 g/mol. The summed E-state index contributed by atoms with van der Waals surface area (Å²) >= 11 is 5.13. The van der Waals surface area contributed by atoms with E-state index >= 15 is 0 Å². The SMILES string of the molecule is CC(C)NC(=S)NC(C)C(=O)N1CCCCC1. The molecule has 0 spiro atoms. The smallest absolute Gasteiger partial charge is 0.244 e. The van der Waals surface area contributed by atoms with Crippen molar-refractivity contribution in [3.05, 3.63) is 0 Å². The molecule has 1 unspecified atom stereocenters. The summed E-state index contributed by atoms with van der Waals surface area (Å²) in [6.45, 7) is 7.67. The number of piperidine rings is 1. The number of carbonyl (C=O) groups excluding carboxylic acids is 1. The second-order valence-electron chi connectivity index (χ2n) is 4.88. The minimum atomic E-state index is -0.244. The number of carbonyl (C=O) groups is 1. The van der Waals surface area contributed by atoms with E-state index in [-0.39, 0.29) is 18.0 Å². The van der Waals surface area contributed by atoms with Crippen molar-refractivity contribution in [1.29, 1.82) is 0 Å². The summed E-state index contributed by atoms with van der Waals surface area (Å²) in [7, 11) is 0. The lowest BCUT2D eigenvalue weighted by atomic mass is 10.1. The Morgan fingerprint density at radius 1 is 1.12 bits per heavy atom. The van der Waals surface area contributed by atoms with E-state index < -0.39 is 0 Å². The Bertz CT molecular complexity index is 275. The van der Waals surface area contributed by atoms with E-state index in [0.717, 1.165) is 25.9 Å². The highest BCUT2D eigenvalue weighted by atomic mass is 32.1. The Labute approximate surface area is 109 Å². The molecule has 4 nitrogen and oxygen atoms in total. The first-order valence-electron chi connectivity index (χ1n) is 6.36. The Kier molecular flexibility index (Phi) is 5.68. The topological polar surface area (TPSA) is 44.4 Å².